The minimum absolute atomic E-state index is 0.575. The van der Waals surface area contributed by atoms with Gasteiger partial charge in [0.05, 0.1) is 0 Å². The van der Waals surface area contributed by atoms with Gasteiger partial charge in [-0.2, -0.15) is 0 Å². The van der Waals surface area contributed by atoms with E-state index in [0.29, 0.717) is 12.8 Å². The SMILES string of the molecule is Cc1ccc(-c2cccc3c2C=C(c2ccccc2)[CH]3[Zr]([Cl])([Cl])([B](NC=O)NC=O)[CH]2C(c3ccccc3)=Cc3c(-c4ccc(C)c(C)c4C)cccc32)c(C)c1C. The molecule has 6 aromatic rings. The number of fused-ring (bicyclic) bond motifs is 2. The van der Waals surface area contributed by atoms with Crippen LogP contribution < -0.4 is 10.5 Å². The Morgan fingerprint density at radius 1 is 0.483 bits per heavy atom. The number of rotatable bonds is 11. The summed E-state index contributed by atoms with van der Waals surface area (Å²) in [6.07, 6.45) is 5.75. The number of halogens is 2. The molecule has 2 amide bonds. The van der Waals surface area contributed by atoms with Gasteiger partial charge in [0.1, 0.15) is 0 Å². The molecule has 0 aromatic heterocycles. The van der Waals surface area contributed by atoms with Crippen LogP contribution in [0.3, 0.4) is 0 Å². The summed E-state index contributed by atoms with van der Waals surface area (Å²) in [5.74, 6) is 0. The fourth-order valence-corrected chi connectivity index (χ4v) is 29.4. The van der Waals surface area contributed by atoms with Crippen molar-refractivity contribution in [3.8, 4) is 22.3 Å². The Balaban J connectivity index is 1.49. The number of amides is 2. The number of nitrogens with one attached hydrogen (secondary N) is 2. The first kappa shape index (κ1) is 40.1. The zero-order valence-electron chi connectivity index (χ0n) is 33.7. The molecule has 0 saturated heterocycles. The van der Waals surface area contributed by atoms with Crippen molar-refractivity contribution < 1.29 is 25.8 Å². The zero-order valence-corrected chi connectivity index (χ0v) is 37.6. The number of benzene rings is 6. The summed E-state index contributed by atoms with van der Waals surface area (Å²) >= 11 is -6.20. The van der Waals surface area contributed by atoms with Gasteiger partial charge in [-0.15, -0.1) is 0 Å². The summed E-state index contributed by atoms with van der Waals surface area (Å²) in [6.45, 7) is 13.0. The molecule has 2 aliphatic carbocycles. The van der Waals surface area contributed by atoms with Gasteiger partial charge in [0.15, 0.2) is 0 Å². The van der Waals surface area contributed by atoms with E-state index in [1.807, 2.05) is 36.4 Å². The van der Waals surface area contributed by atoms with E-state index in [1.165, 1.54) is 33.4 Å². The summed E-state index contributed by atoms with van der Waals surface area (Å²) in [7, 11) is 17.8. The molecule has 0 bridgehead atoms. The molecule has 2 unspecified atom stereocenters. The van der Waals surface area contributed by atoms with Crippen molar-refractivity contribution >= 4 is 57.7 Å². The van der Waals surface area contributed by atoms with E-state index < -0.39 is 27.9 Å². The van der Waals surface area contributed by atoms with E-state index >= 15 is 0 Å². The van der Waals surface area contributed by atoms with Gasteiger partial charge in [-0.1, -0.05) is 0 Å². The topological polar surface area (TPSA) is 58.2 Å². The van der Waals surface area contributed by atoms with Crippen molar-refractivity contribution in [3.63, 3.8) is 0 Å². The number of allylic oxidation sites excluding steroid dienone is 2. The van der Waals surface area contributed by atoms with E-state index in [0.717, 1.165) is 66.8 Å². The van der Waals surface area contributed by atoms with Gasteiger partial charge in [0.25, 0.3) is 0 Å². The third-order valence-electron chi connectivity index (χ3n) is 13.2. The molecular weight excluding hydrogens is 834 g/mol. The second-order valence-corrected chi connectivity index (χ2v) is 37.4. The Hall–Kier alpha value is -4.73. The average molecular weight is 880 g/mol. The molecule has 6 aromatic carbocycles. The molecule has 0 fully saturated rings. The Bertz CT molecular complexity index is 2510. The maximum absolute atomic E-state index is 12.8. The van der Waals surface area contributed by atoms with Crippen molar-refractivity contribution in [3.05, 3.63) is 188 Å². The van der Waals surface area contributed by atoms with Crippen LogP contribution >= 0.6 is 17.0 Å². The van der Waals surface area contributed by atoms with E-state index in [-0.39, 0.29) is 0 Å². The first-order valence-corrected chi connectivity index (χ1v) is 30.4. The molecule has 8 heteroatoms. The van der Waals surface area contributed by atoms with Crippen molar-refractivity contribution in [2.75, 3.05) is 0 Å². The summed E-state index contributed by atoms with van der Waals surface area (Å²) in [6, 6.07) is 42.1. The number of carbonyl (C=O) groups excluding carboxylic acids is 2. The minimum atomic E-state index is -6.20. The van der Waals surface area contributed by atoms with Crippen molar-refractivity contribution in [1.29, 1.82) is 0 Å². The van der Waals surface area contributed by atoms with Crippen LogP contribution in [-0.4, -0.2) is 17.3 Å². The molecule has 0 spiro atoms. The molecule has 0 radical (unpaired) electrons. The van der Waals surface area contributed by atoms with Crippen LogP contribution in [0.4, 0.5) is 0 Å². The Labute approximate surface area is 350 Å². The van der Waals surface area contributed by atoms with Crippen LogP contribution in [0.2, 0.25) is 0 Å². The molecule has 2 aliphatic rings. The Morgan fingerprint density at radius 2 is 0.879 bits per heavy atom. The van der Waals surface area contributed by atoms with Crippen LogP contribution in [0, 0.1) is 41.5 Å². The predicted octanol–water partition coefficient (Wildman–Crippen LogP) is 12.2. The second kappa shape index (κ2) is 15.5. The first-order valence-electron chi connectivity index (χ1n) is 19.8. The third kappa shape index (κ3) is 6.31. The molecule has 0 saturated carbocycles. The Kier molecular flexibility index (Phi) is 10.7. The molecule has 2 atom stereocenters. The zero-order chi connectivity index (χ0) is 41.0. The van der Waals surface area contributed by atoms with Gasteiger partial charge in [-0.25, -0.2) is 0 Å². The van der Waals surface area contributed by atoms with Gasteiger partial charge in [0.2, 0.25) is 0 Å². The molecule has 289 valence electrons. The van der Waals surface area contributed by atoms with E-state index in [2.05, 4.69) is 149 Å². The van der Waals surface area contributed by atoms with E-state index in [4.69, 9.17) is 17.0 Å². The maximum atomic E-state index is 12.8. The molecule has 8 rings (SSSR count). The van der Waals surface area contributed by atoms with Crippen LogP contribution in [0.5, 0.6) is 0 Å². The third-order valence-corrected chi connectivity index (χ3v) is 32.9. The summed E-state index contributed by atoms with van der Waals surface area (Å²) < 4.78 is -2.21. The van der Waals surface area contributed by atoms with Gasteiger partial charge in [-0.05, 0) is 0 Å². The summed E-state index contributed by atoms with van der Waals surface area (Å²) in [5.41, 5.74) is 19.8. The van der Waals surface area contributed by atoms with Crippen LogP contribution in [0.25, 0.3) is 45.6 Å². The van der Waals surface area contributed by atoms with Gasteiger partial charge in [0, 0.05) is 0 Å². The van der Waals surface area contributed by atoms with Gasteiger partial charge < -0.3 is 0 Å². The normalized spacial score (nSPS) is 16.3. The van der Waals surface area contributed by atoms with Crippen LogP contribution in [0.1, 0.15) is 74.0 Å². The van der Waals surface area contributed by atoms with E-state index in [1.54, 1.807) is 0 Å². The van der Waals surface area contributed by atoms with Crippen molar-refractivity contribution in [1.82, 2.24) is 10.5 Å². The fraction of sp³-hybridized carbons (Fsp3) is 0.160. The fourth-order valence-electron chi connectivity index (χ4n) is 9.72. The van der Waals surface area contributed by atoms with E-state index in [9.17, 15) is 9.59 Å². The number of hydrogen-bond acceptors (Lipinski definition) is 2. The van der Waals surface area contributed by atoms with Crippen LogP contribution in [0.15, 0.2) is 121 Å². The Morgan fingerprint density at radius 3 is 1.26 bits per heavy atom. The number of carbonyl (C=O) groups is 2. The van der Waals surface area contributed by atoms with Gasteiger partial charge >= 0.3 is 353 Å². The quantitative estimate of drug-likeness (QED) is 0.101. The summed E-state index contributed by atoms with van der Waals surface area (Å²) in [4.78, 5) is 25.6. The van der Waals surface area contributed by atoms with Crippen LogP contribution in [-0.2, 0) is 25.8 Å². The molecule has 0 aliphatic heterocycles. The average Bonchev–Trinajstić information content (AvgIpc) is 3.85. The first-order chi connectivity index (χ1) is 27.9. The molecule has 4 nitrogen and oxygen atoms in total. The molecular formula is C50H46BCl2N2O2Zr. The number of aryl methyl sites for hydroxylation is 2. The van der Waals surface area contributed by atoms with Gasteiger partial charge in [-0.3, -0.25) is 0 Å². The number of hydrogen-bond donors (Lipinski definition) is 2. The van der Waals surface area contributed by atoms with Crippen molar-refractivity contribution in [2.24, 2.45) is 0 Å². The predicted molar refractivity (Wildman–Crippen MR) is 242 cm³/mol. The van der Waals surface area contributed by atoms with Crippen molar-refractivity contribution in [2.45, 2.75) is 48.8 Å². The summed E-state index contributed by atoms with van der Waals surface area (Å²) in [5, 5.41) is 6.03. The monoisotopic (exact) mass is 877 g/mol. The molecule has 2 N–H and O–H groups in total. The standard InChI is InChI=1S/2C24H21.C2H3BN2O2.2ClH.Zr/c2*1-16-12-13-22(18(3)17(16)2)23-11-7-10-20-14-21(15-24(20)23)19-8-5-4-6-9-19;6-1-4-3-5-2-7;;;/h2*4-15H,1-3H3;1-2H,(H-,4,5,6,7);2*1H;/q;;;;;+1/p-1. The molecule has 58 heavy (non-hydrogen) atoms. The molecule has 0 heterocycles. The second-order valence-electron chi connectivity index (χ2n) is 16.0.